The minimum Gasteiger partial charge on any atom is -0.353 e. The lowest BCUT2D eigenvalue weighted by Gasteiger charge is -2.04. The van der Waals surface area contributed by atoms with E-state index in [4.69, 9.17) is 0 Å². The van der Waals surface area contributed by atoms with Gasteiger partial charge in [-0.1, -0.05) is 19.1 Å². The number of hydrogen-bond acceptors (Lipinski definition) is 5. The number of aliphatic imine (C=N–C) groups is 1. The van der Waals surface area contributed by atoms with Gasteiger partial charge in [-0.3, -0.25) is 14.5 Å². The third-order valence-corrected chi connectivity index (χ3v) is 4.31. The monoisotopic (exact) mass is 346 g/mol. The van der Waals surface area contributed by atoms with Gasteiger partial charge >= 0.3 is 0 Å². The van der Waals surface area contributed by atoms with Gasteiger partial charge in [0.1, 0.15) is 12.4 Å². The standard InChI is InChI=1S/C13H18N4O3S.ClH/c1-2-14-7-8-15-12(18)9-16-13-10-5-3-4-6-11(10)21(19,20)17-13;/h3-6,14H,2,7-9H2,1H3,(H,15,18)(H,16,17);1H. The van der Waals surface area contributed by atoms with E-state index < -0.39 is 10.0 Å². The van der Waals surface area contributed by atoms with Gasteiger partial charge < -0.3 is 10.6 Å². The van der Waals surface area contributed by atoms with E-state index in [1.807, 2.05) is 6.92 Å². The number of sulfonamides is 1. The number of likely N-dealkylation sites (N-methyl/N-ethyl adjacent to an activating group) is 1. The third kappa shape index (κ3) is 4.43. The number of rotatable bonds is 6. The van der Waals surface area contributed by atoms with Gasteiger partial charge in [-0.05, 0) is 18.7 Å². The number of benzene rings is 1. The number of amidine groups is 1. The molecule has 1 aliphatic rings. The maximum Gasteiger partial charge on any atom is 0.263 e. The number of amides is 1. The van der Waals surface area contributed by atoms with Crippen molar-refractivity contribution in [3.8, 4) is 0 Å². The molecule has 1 aromatic rings. The zero-order valence-electron chi connectivity index (χ0n) is 12.1. The van der Waals surface area contributed by atoms with E-state index in [0.29, 0.717) is 18.7 Å². The van der Waals surface area contributed by atoms with E-state index in [1.54, 1.807) is 18.2 Å². The molecule has 0 aliphatic carbocycles. The largest absolute Gasteiger partial charge is 0.353 e. The molecule has 0 unspecified atom stereocenters. The van der Waals surface area contributed by atoms with Gasteiger partial charge in [0.25, 0.3) is 10.0 Å². The van der Waals surface area contributed by atoms with Crippen LogP contribution in [-0.2, 0) is 14.8 Å². The molecule has 0 radical (unpaired) electrons. The normalized spacial score (nSPS) is 16.5. The molecular weight excluding hydrogens is 328 g/mol. The molecule has 0 atom stereocenters. The summed E-state index contributed by atoms with van der Waals surface area (Å²) in [5.41, 5.74) is 0.498. The van der Waals surface area contributed by atoms with Crippen molar-refractivity contribution in [1.29, 1.82) is 0 Å². The Hall–Kier alpha value is -1.64. The fourth-order valence-electron chi connectivity index (χ4n) is 1.93. The molecule has 0 fully saturated rings. The molecule has 0 bridgehead atoms. The Morgan fingerprint density at radius 3 is 2.73 bits per heavy atom. The second-order valence-corrected chi connectivity index (χ2v) is 6.12. The summed E-state index contributed by atoms with van der Waals surface area (Å²) in [5, 5.41) is 5.78. The van der Waals surface area contributed by atoms with Gasteiger partial charge in [0.15, 0.2) is 0 Å². The van der Waals surface area contributed by atoms with Crippen LogP contribution in [0.25, 0.3) is 0 Å². The number of carbonyl (C=O) groups excluding carboxylic acids is 1. The molecule has 1 aromatic carbocycles. The van der Waals surface area contributed by atoms with Crippen LogP contribution < -0.4 is 15.4 Å². The first-order valence-electron chi connectivity index (χ1n) is 6.68. The van der Waals surface area contributed by atoms with E-state index >= 15 is 0 Å². The molecule has 122 valence electrons. The molecule has 3 N–H and O–H groups in total. The maximum absolute atomic E-state index is 11.9. The summed E-state index contributed by atoms with van der Waals surface area (Å²) in [5.74, 6) is -0.0311. The molecule has 0 saturated carbocycles. The molecule has 1 heterocycles. The van der Waals surface area contributed by atoms with Crippen molar-refractivity contribution in [2.45, 2.75) is 11.8 Å². The molecule has 7 nitrogen and oxygen atoms in total. The lowest BCUT2D eigenvalue weighted by molar-refractivity contribution is -0.119. The Balaban J connectivity index is 0.00000242. The van der Waals surface area contributed by atoms with Crippen LogP contribution in [0, 0.1) is 0 Å². The van der Waals surface area contributed by atoms with Crippen LogP contribution in [0.5, 0.6) is 0 Å². The summed E-state index contributed by atoms with van der Waals surface area (Å²) in [6, 6.07) is 6.55. The van der Waals surface area contributed by atoms with Crippen LogP contribution in [0.15, 0.2) is 34.2 Å². The number of carbonyl (C=O) groups is 1. The summed E-state index contributed by atoms with van der Waals surface area (Å²) in [6.45, 7) is 3.92. The van der Waals surface area contributed by atoms with Crippen molar-refractivity contribution in [2.75, 3.05) is 26.2 Å². The summed E-state index contributed by atoms with van der Waals surface area (Å²) >= 11 is 0. The smallest absolute Gasteiger partial charge is 0.263 e. The van der Waals surface area contributed by atoms with Gasteiger partial charge in [0.05, 0.1) is 4.90 Å². The maximum atomic E-state index is 11.9. The van der Waals surface area contributed by atoms with Gasteiger partial charge in [-0.2, -0.15) is 0 Å². The zero-order valence-corrected chi connectivity index (χ0v) is 13.8. The predicted molar refractivity (Wildman–Crippen MR) is 87.0 cm³/mol. The number of hydrogen-bond donors (Lipinski definition) is 3. The van der Waals surface area contributed by atoms with E-state index in [0.717, 1.165) is 6.54 Å². The Labute approximate surface area is 136 Å². The van der Waals surface area contributed by atoms with Crippen LogP contribution in [0.3, 0.4) is 0 Å². The highest BCUT2D eigenvalue weighted by atomic mass is 35.5. The Bertz CT molecular complexity index is 661. The number of nitrogens with one attached hydrogen (secondary N) is 3. The van der Waals surface area contributed by atoms with E-state index in [1.165, 1.54) is 6.07 Å². The second-order valence-electron chi connectivity index (χ2n) is 4.47. The molecule has 2 rings (SSSR count). The molecule has 0 saturated heterocycles. The van der Waals surface area contributed by atoms with E-state index in [-0.39, 0.29) is 35.6 Å². The van der Waals surface area contributed by atoms with E-state index in [9.17, 15) is 13.2 Å². The van der Waals surface area contributed by atoms with Crippen molar-refractivity contribution >= 4 is 34.2 Å². The Kier molecular flexibility index (Phi) is 6.79. The number of halogens is 1. The molecule has 22 heavy (non-hydrogen) atoms. The van der Waals surface area contributed by atoms with Crippen molar-refractivity contribution in [1.82, 2.24) is 15.4 Å². The summed E-state index contributed by atoms with van der Waals surface area (Å²) in [6.07, 6.45) is 0. The summed E-state index contributed by atoms with van der Waals surface area (Å²) in [4.78, 5) is 15.9. The first-order chi connectivity index (χ1) is 10.0. The van der Waals surface area contributed by atoms with Gasteiger partial charge in [0, 0.05) is 18.7 Å². The van der Waals surface area contributed by atoms with Gasteiger partial charge in [-0.15, -0.1) is 12.4 Å². The molecule has 1 aliphatic heterocycles. The molecular formula is C13H19ClN4O3S. The van der Waals surface area contributed by atoms with Gasteiger partial charge in [-0.25, -0.2) is 8.42 Å². The fourth-order valence-corrected chi connectivity index (χ4v) is 3.18. The van der Waals surface area contributed by atoms with Crippen LogP contribution in [0.4, 0.5) is 0 Å². The fraction of sp³-hybridized carbons (Fsp3) is 0.385. The van der Waals surface area contributed by atoms with Crippen LogP contribution in [0.1, 0.15) is 12.5 Å². The summed E-state index contributed by atoms with van der Waals surface area (Å²) in [7, 11) is -3.55. The molecule has 1 amide bonds. The lowest BCUT2D eigenvalue weighted by atomic mass is 10.2. The van der Waals surface area contributed by atoms with Crippen LogP contribution >= 0.6 is 12.4 Å². The van der Waals surface area contributed by atoms with Crippen molar-refractivity contribution < 1.29 is 13.2 Å². The average Bonchev–Trinajstić information content (AvgIpc) is 2.73. The topological polar surface area (TPSA) is 99.7 Å². The average molecular weight is 347 g/mol. The molecule has 9 heteroatoms. The van der Waals surface area contributed by atoms with E-state index in [2.05, 4.69) is 20.3 Å². The Morgan fingerprint density at radius 2 is 2.00 bits per heavy atom. The zero-order chi connectivity index (χ0) is 15.3. The highest BCUT2D eigenvalue weighted by molar-refractivity contribution is 7.90. The van der Waals surface area contributed by atoms with Crippen molar-refractivity contribution in [3.63, 3.8) is 0 Å². The number of fused-ring (bicyclic) bond motifs is 1. The SMILES string of the molecule is CCNCCNC(=O)CN=C1NS(=O)(=O)c2ccccc21.Cl. The molecule has 0 aromatic heterocycles. The van der Waals surface area contributed by atoms with Crippen molar-refractivity contribution in [2.24, 2.45) is 4.99 Å². The Morgan fingerprint density at radius 1 is 1.27 bits per heavy atom. The lowest BCUT2D eigenvalue weighted by Crippen LogP contribution is -2.33. The third-order valence-electron chi connectivity index (χ3n) is 2.92. The van der Waals surface area contributed by atoms with Gasteiger partial charge in [0.2, 0.25) is 5.91 Å². The minimum absolute atomic E-state index is 0. The quantitative estimate of drug-likeness (QED) is 0.625. The molecule has 0 spiro atoms. The second kappa shape index (κ2) is 8.11. The van der Waals surface area contributed by atoms with Crippen LogP contribution in [0.2, 0.25) is 0 Å². The minimum atomic E-state index is -3.55. The first kappa shape index (κ1) is 18.4. The predicted octanol–water partition coefficient (Wildman–Crippen LogP) is -0.127. The summed E-state index contributed by atoms with van der Waals surface area (Å²) < 4.78 is 26.1. The number of nitrogens with zero attached hydrogens (tertiary/aromatic N) is 1. The first-order valence-corrected chi connectivity index (χ1v) is 8.17. The van der Waals surface area contributed by atoms with Crippen molar-refractivity contribution in [3.05, 3.63) is 29.8 Å². The highest BCUT2D eigenvalue weighted by Gasteiger charge is 2.30. The highest BCUT2D eigenvalue weighted by Crippen LogP contribution is 2.21. The van der Waals surface area contributed by atoms with Crippen LogP contribution in [-0.4, -0.2) is 46.3 Å².